The van der Waals surface area contributed by atoms with Gasteiger partial charge in [0.05, 0.1) is 0 Å². The van der Waals surface area contributed by atoms with Crippen LogP contribution in [0.25, 0.3) is 0 Å². The van der Waals surface area contributed by atoms with E-state index in [9.17, 15) is 4.79 Å². The Bertz CT molecular complexity index is 44.9. The van der Waals surface area contributed by atoms with Crippen LogP contribution in [0.4, 0.5) is 4.79 Å². The topological polar surface area (TPSA) is 52.3 Å². The minimum atomic E-state index is -0.551. The Morgan fingerprint density at radius 1 is 2.00 bits per heavy atom. The first-order valence-electron chi connectivity index (χ1n) is 0.933. The van der Waals surface area contributed by atoms with Gasteiger partial charge in [-0.1, -0.05) is 0 Å². The Labute approximate surface area is 37.5 Å². The number of nitrogens with two attached hydrogens (primary N) is 1. The maximum absolute atomic E-state index is 9.43. The van der Waals surface area contributed by atoms with Gasteiger partial charge in [0.15, 0.2) is 4.83 Å². The molecule has 0 saturated heterocycles. The van der Waals surface area contributed by atoms with E-state index >= 15 is 0 Å². The minimum Gasteiger partial charge on any atom is -0.398 e. The maximum atomic E-state index is 9.43. The highest BCUT2D eigenvalue weighted by molar-refractivity contribution is 6.54. The minimum absolute atomic E-state index is 0.551. The summed E-state index contributed by atoms with van der Waals surface area (Å²) in [5.74, 6) is 4.30. The van der Waals surface area contributed by atoms with E-state index in [1.807, 2.05) is 0 Å². The SMILES string of the molecule is NO[C](=O)[Al]. The molecule has 0 fully saturated rings. The zero-order chi connectivity index (χ0) is 4.28. The van der Waals surface area contributed by atoms with E-state index in [1.54, 1.807) is 16.3 Å². The van der Waals surface area contributed by atoms with Gasteiger partial charge in [-0.3, -0.25) is 4.79 Å². The summed E-state index contributed by atoms with van der Waals surface area (Å²) in [6.07, 6.45) is 0. The highest BCUT2D eigenvalue weighted by Gasteiger charge is 1.75. The van der Waals surface area contributed by atoms with Crippen molar-refractivity contribution in [3.05, 3.63) is 0 Å². The number of carbonyl (C=O) groups excluding carboxylic acids is 1. The van der Waals surface area contributed by atoms with Crippen molar-refractivity contribution in [1.29, 1.82) is 0 Å². The first-order valence-corrected chi connectivity index (χ1v) is 1.51. The van der Waals surface area contributed by atoms with Crippen molar-refractivity contribution in [2.75, 3.05) is 0 Å². The molecule has 0 saturated carbocycles. The van der Waals surface area contributed by atoms with E-state index in [0.717, 1.165) is 0 Å². The summed E-state index contributed by atoms with van der Waals surface area (Å²) in [5, 5.41) is 0. The predicted molar refractivity (Wildman–Crippen MR) is 16.4 cm³/mol. The van der Waals surface area contributed by atoms with Crippen LogP contribution in [0.2, 0.25) is 0 Å². The fourth-order valence-electron chi connectivity index (χ4n) is 0. The van der Waals surface area contributed by atoms with Gasteiger partial charge in [-0.25, -0.2) is 0 Å². The van der Waals surface area contributed by atoms with Gasteiger partial charge < -0.3 is 4.84 Å². The third kappa shape index (κ3) is 3.96. The number of hydrogen-bond donors (Lipinski definition) is 1. The van der Waals surface area contributed by atoms with Crippen molar-refractivity contribution in [1.82, 2.24) is 0 Å². The molecule has 0 aromatic rings. The van der Waals surface area contributed by atoms with Gasteiger partial charge in [-0.15, -0.1) is 0 Å². The molecular weight excluding hydrogens is 85.0 g/mol. The largest absolute Gasteiger partial charge is 0.398 e. The molecule has 0 rings (SSSR count). The molecule has 3 nitrogen and oxygen atoms in total. The van der Waals surface area contributed by atoms with Crippen LogP contribution >= 0.6 is 0 Å². The van der Waals surface area contributed by atoms with E-state index in [4.69, 9.17) is 0 Å². The third-order valence-corrected chi connectivity index (χ3v) is 0.252. The third-order valence-electron chi connectivity index (χ3n) is 0.116. The molecule has 0 aliphatic rings. The van der Waals surface area contributed by atoms with Gasteiger partial charge in [0.2, 0.25) is 0 Å². The normalized spacial score (nSPS) is 6.60. The standard InChI is InChI=1S/CH2NO2.Al/c2-4-1-3;/h2H2;. The van der Waals surface area contributed by atoms with Crippen molar-refractivity contribution in [2.45, 2.75) is 0 Å². The molecule has 0 heterocycles. The van der Waals surface area contributed by atoms with E-state index in [1.165, 1.54) is 0 Å². The van der Waals surface area contributed by atoms with Gasteiger partial charge in [0, 0.05) is 0 Å². The first-order chi connectivity index (χ1) is 2.27. The van der Waals surface area contributed by atoms with Gasteiger partial charge in [-0.2, -0.15) is 5.90 Å². The van der Waals surface area contributed by atoms with Crippen molar-refractivity contribution < 1.29 is 9.63 Å². The molecule has 0 unspecified atom stereocenters. The van der Waals surface area contributed by atoms with Crippen molar-refractivity contribution in [3.63, 3.8) is 0 Å². The molecule has 4 heteroatoms. The average molecular weight is 87.0 g/mol. The highest BCUT2D eigenvalue weighted by Crippen LogP contribution is 1.54. The van der Waals surface area contributed by atoms with Crippen LogP contribution in [-0.2, 0) is 4.84 Å². The van der Waals surface area contributed by atoms with Gasteiger partial charge in [0.25, 0.3) is 0 Å². The molecule has 0 aromatic heterocycles. The second kappa shape index (κ2) is 2.21. The Morgan fingerprint density at radius 2 is 2.20 bits per heavy atom. The zero-order valence-electron chi connectivity index (χ0n) is 2.47. The summed E-state index contributed by atoms with van der Waals surface area (Å²) < 4.78 is 0. The van der Waals surface area contributed by atoms with Crippen LogP contribution in [-0.4, -0.2) is 21.1 Å². The summed E-state index contributed by atoms with van der Waals surface area (Å²) in [5.41, 5.74) is 0. The van der Waals surface area contributed by atoms with Gasteiger partial charge in [0.1, 0.15) is 0 Å². The molecular formula is CH2AlNO2. The molecule has 0 aliphatic carbocycles. The van der Waals surface area contributed by atoms with Crippen molar-refractivity contribution >= 4 is 21.1 Å². The lowest BCUT2D eigenvalue weighted by Gasteiger charge is -1.82. The smallest absolute Gasteiger partial charge is 0.322 e. The summed E-state index contributed by atoms with van der Waals surface area (Å²) in [4.78, 5) is 12.5. The van der Waals surface area contributed by atoms with E-state index in [0.29, 0.717) is 0 Å². The molecule has 2 radical (unpaired) electrons. The fourth-order valence-corrected chi connectivity index (χ4v) is 0. The monoisotopic (exact) mass is 87.0 g/mol. The second-order valence-corrected chi connectivity index (χ2v) is 0.908. The molecule has 2 N–H and O–H groups in total. The Hall–Kier alpha value is -0.0375. The van der Waals surface area contributed by atoms with Gasteiger partial charge >= 0.3 is 16.3 Å². The predicted octanol–water partition coefficient (Wildman–Crippen LogP) is -0.835. The number of rotatable bonds is 0. The first kappa shape index (κ1) is 4.96. The molecule has 0 bridgehead atoms. The molecule has 0 aromatic carbocycles. The van der Waals surface area contributed by atoms with Crippen LogP contribution in [0.3, 0.4) is 0 Å². The van der Waals surface area contributed by atoms with Crippen molar-refractivity contribution in [2.24, 2.45) is 5.90 Å². The van der Waals surface area contributed by atoms with Crippen LogP contribution < -0.4 is 5.90 Å². The van der Waals surface area contributed by atoms with E-state index < -0.39 is 4.83 Å². The molecule has 0 atom stereocenters. The van der Waals surface area contributed by atoms with E-state index in [2.05, 4.69) is 10.7 Å². The molecule has 0 amide bonds. The lowest BCUT2D eigenvalue weighted by atomic mass is 11.6. The fraction of sp³-hybridized carbons (Fsp3) is 0. The number of hydrogen-bond acceptors (Lipinski definition) is 3. The Balaban J connectivity index is 2.85. The average Bonchev–Trinajstić information content (AvgIpc) is 1.38. The lowest BCUT2D eigenvalue weighted by molar-refractivity contribution is 0.175. The summed E-state index contributed by atoms with van der Waals surface area (Å²) >= 11 is 1.75. The summed E-state index contributed by atoms with van der Waals surface area (Å²) in [6.45, 7) is 0. The summed E-state index contributed by atoms with van der Waals surface area (Å²) in [7, 11) is 0. The quantitative estimate of drug-likeness (QED) is 0.309. The van der Waals surface area contributed by atoms with Gasteiger partial charge in [-0.05, 0) is 0 Å². The van der Waals surface area contributed by atoms with Crippen LogP contribution in [0.1, 0.15) is 0 Å². The van der Waals surface area contributed by atoms with Crippen LogP contribution in [0.15, 0.2) is 0 Å². The molecule has 0 spiro atoms. The Morgan fingerprint density at radius 3 is 2.20 bits per heavy atom. The number of carbonyl (C=O) groups is 1. The lowest BCUT2D eigenvalue weighted by Crippen LogP contribution is -2.05. The maximum Gasteiger partial charge on any atom is 0.322 e. The van der Waals surface area contributed by atoms with E-state index in [-0.39, 0.29) is 0 Å². The van der Waals surface area contributed by atoms with Crippen molar-refractivity contribution in [3.8, 4) is 0 Å². The summed E-state index contributed by atoms with van der Waals surface area (Å²) in [6, 6.07) is 0. The molecule has 5 heavy (non-hydrogen) atoms. The second-order valence-electron chi connectivity index (χ2n) is 0.437. The zero-order valence-corrected chi connectivity index (χ0v) is 3.63. The van der Waals surface area contributed by atoms with Crippen LogP contribution in [0, 0.1) is 0 Å². The molecule has 0 aliphatic heterocycles. The highest BCUT2D eigenvalue weighted by atomic mass is 27.0. The Kier molecular flexibility index (Phi) is 2.20. The van der Waals surface area contributed by atoms with Crippen LogP contribution in [0.5, 0.6) is 0 Å². The molecule has 26 valence electrons.